The lowest BCUT2D eigenvalue weighted by atomic mass is 10.0. The Morgan fingerprint density at radius 2 is 1.90 bits per heavy atom. The second kappa shape index (κ2) is 6.99. The van der Waals surface area contributed by atoms with Gasteiger partial charge in [0.15, 0.2) is 4.67 Å². The lowest BCUT2D eigenvalue weighted by molar-refractivity contribution is 0.399. The SMILES string of the molecule is CCCNC(Cc1cc(F)cc(F)c1)c1ccc(Br)o1. The van der Waals surface area contributed by atoms with Gasteiger partial charge in [0.05, 0.1) is 6.04 Å². The van der Waals surface area contributed by atoms with Crippen molar-refractivity contribution >= 4 is 15.9 Å². The summed E-state index contributed by atoms with van der Waals surface area (Å²) in [5.41, 5.74) is 0.601. The minimum atomic E-state index is -0.560. The first-order valence-corrected chi connectivity index (χ1v) is 7.31. The molecule has 2 rings (SSSR count). The fraction of sp³-hybridized carbons (Fsp3) is 0.333. The number of hydrogen-bond acceptors (Lipinski definition) is 2. The van der Waals surface area contributed by atoms with E-state index in [2.05, 4.69) is 28.2 Å². The van der Waals surface area contributed by atoms with Gasteiger partial charge in [-0.1, -0.05) is 6.92 Å². The molecule has 20 heavy (non-hydrogen) atoms. The maximum absolute atomic E-state index is 13.2. The minimum absolute atomic E-state index is 0.109. The van der Waals surface area contributed by atoms with E-state index >= 15 is 0 Å². The van der Waals surface area contributed by atoms with Gasteiger partial charge in [-0.25, -0.2) is 8.78 Å². The van der Waals surface area contributed by atoms with Gasteiger partial charge in [0, 0.05) is 6.07 Å². The van der Waals surface area contributed by atoms with Crippen LogP contribution in [-0.2, 0) is 6.42 Å². The number of hydrogen-bond donors (Lipinski definition) is 1. The van der Waals surface area contributed by atoms with Crippen LogP contribution in [0.25, 0.3) is 0 Å². The summed E-state index contributed by atoms with van der Waals surface area (Å²) in [4.78, 5) is 0. The predicted octanol–water partition coefficient (Wildman–Crippen LogP) is 4.60. The van der Waals surface area contributed by atoms with Gasteiger partial charge >= 0.3 is 0 Å². The standard InChI is InChI=1S/C15H16BrF2NO/c1-2-5-19-13(14-3-4-15(16)20-14)8-10-6-11(17)9-12(18)7-10/h3-4,6-7,9,13,19H,2,5,8H2,1H3. The molecule has 1 aromatic carbocycles. The van der Waals surface area contributed by atoms with Crippen molar-refractivity contribution in [2.24, 2.45) is 0 Å². The fourth-order valence-corrected chi connectivity index (χ4v) is 2.39. The van der Waals surface area contributed by atoms with Crippen LogP contribution in [0.4, 0.5) is 8.78 Å². The Morgan fingerprint density at radius 3 is 2.45 bits per heavy atom. The van der Waals surface area contributed by atoms with Crippen molar-refractivity contribution < 1.29 is 13.2 Å². The average molecular weight is 344 g/mol. The van der Waals surface area contributed by atoms with Gasteiger partial charge in [-0.2, -0.15) is 0 Å². The summed E-state index contributed by atoms with van der Waals surface area (Å²) in [6, 6.07) is 7.13. The van der Waals surface area contributed by atoms with Crippen LogP contribution in [0.5, 0.6) is 0 Å². The van der Waals surface area contributed by atoms with Crippen LogP contribution in [-0.4, -0.2) is 6.54 Å². The molecule has 0 fully saturated rings. The van der Waals surface area contributed by atoms with Crippen LogP contribution in [0.3, 0.4) is 0 Å². The van der Waals surface area contributed by atoms with E-state index in [1.165, 1.54) is 12.1 Å². The number of furan rings is 1. The lowest BCUT2D eigenvalue weighted by Gasteiger charge is -2.16. The third-order valence-electron chi connectivity index (χ3n) is 2.94. The molecule has 0 aliphatic rings. The largest absolute Gasteiger partial charge is 0.453 e. The van der Waals surface area contributed by atoms with Crippen molar-refractivity contribution in [1.82, 2.24) is 5.32 Å². The van der Waals surface area contributed by atoms with Crippen molar-refractivity contribution in [3.63, 3.8) is 0 Å². The van der Waals surface area contributed by atoms with E-state index in [4.69, 9.17) is 4.42 Å². The molecule has 1 aromatic heterocycles. The highest BCUT2D eigenvalue weighted by Crippen LogP contribution is 2.24. The zero-order chi connectivity index (χ0) is 14.5. The van der Waals surface area contributed by atoms with Gasteiger partial charge in [0.25, 0.3) is 0 Å². The van der Waals surface area contributed by atoms with E-state index in [1.807, 2.05) is 12.1 Å². The lowest BCUT2D eigenvalue weighted by Crippen LogP contribution is -2.23. The summed E-state index contributed by atoms with van der Waals surface area (Å²) in [5.74, 6) is -0.375. The van der Waals surface area contributed by atoms with Gasteiger partial charge in [-0.05, 0) is 65.1 Å². The third kappa shape index (κ3) is 4.15. The molecule has 0 saturated carbocycles. The van der Waals surface area contributed by atoms with Crippen molar-refractivity contribution in [2.75, 3.05) is 6.54 Å². The Kier molecular flexibility index (Phi) is 5.31. The van der Waals surface area contributed by atoms with E-state index in [-0.39, 0.29) is 6.04 Å². The van der Waals surface area contributed by atoms with Crippen LogP contribution in [0.1, 0.15) is 30.7 Å². The van der Waals surface area contributed by atoms with Crippen LogP contribution in [0, 0.1) is 11.6 Å². The molecule has 0 bridgehead atoms. The molecule has 2 aromatic rings. The highest BCUT2D eigenvalue weighted by atomic mass is 79.9. The van der Waals surface area contributed by atoms with E-state index in [0.717, 1.165) is 24.8 Å². The van der Waals surface area contributed by atoms with Crippen molar-refractivity contribution in [3.8, 4) is 0 Å². The van der Waals surface area contributed by atoms with E-state index in [9.17, 15) is 8.78 Å². The minimum Gasteiger partial charge on any atom is -0.453 e. The molecule has 1 atom stereocenters. The molecule has 1 heterocycles. The number of rotatable bonds is 6. The summed E-state index contributed by atoms with van der Waals surface area (Å²) in [7, 11) is 0. The molecule has 0 saturated heterocycles. The van der Waals surface area contributed by atoms with Crippen LogP contribution in [0.15, 0.2) is 39.4 Å². The molecular weight excluding hydrogens is 328 g/mol. The van der Waals surface area contributed by atoms with E-state index in [0.29, 0.717) is 16.7 Å². The first-order valence-electron chi connectivity index (χ1n) is 6.52. The number of halogens is 3. The summed E-state index contributed by atoms with van der Waals surface area (Å²) in [5, 5.41) is 3.33. The summed E-state index contributed by atoms with van der Waals surface area (Å²) < 4.78 is 32.7. The van der Waals surface area contributed by atoms with Crippen LogP contribution >= 0.6 is 15.9 Å². The first-order chi connectivity index (χ1) is 9.58. The molecule has 0 aliphatic carbocycles. The summed E-state index contributed by atoms with van der Waals surface area (Å²) in [6.45, 7) is 2.87. The summed E-state index contributed by atoms with van der Waals surface area (Å²) in [6.07, 6.45) is 1.44. The van der Waals surface area contributed by atoms with Gasteiger partial charge in [0.1, 0.15) is 17.4 Å². The Morgan fingerprint density at radius 1 is 1.20 bits per heavy atom. The normalized spacial score (nSPS) is 12.6. The Hall–Kier alpha value is -1.20. The van der Waals surface area contributed by atoms with Crippen molar-refractivity contribution in [3.05, 3.63) is 58.0 Å². The topological polar surface area (TPSA) is 25.2 Å². The Balaban J connectivity index is 2.18. The maximum atomic E-state index is 13.2. The van der Waals surface area contributed by atoms with E-state index < -0.39 is 11.6 Å². The second-order valence-corrected chi connectivity index (χ2v) is 5.41. The number of benzene rings is 1. The molecule has 0 aliphatic heterocycles. The molecule has 108 valence electrons. The molecule has 2 nitrogen and oxygen atoms in total. The predicted molar refractivity (Wildman–Crippen MR) is 77.5 cm³/mol. The van der Waals surface area contributed by atoms with Gasteiger partial charge in [0.2, 0.25) is 0 Å². The Bertz CT molecular complexity index is 551. The molecule has 0 amide bonds. The van der Waals surface area contributed by atoms with Gasteiger partial charge in [-0.15, -0.1) is 0 Å². The van der Waals surface area contributed by atoms with Crippen LogP contribution < -0.4 is 5.32 Å². The van der Waals surface area contributed by atoms with Crippen molar-refractivity contribution in [1.29, 1.82) is 0 Å². The number of nitrogens with one attached hydrogen (secondary N) is 1. The highest BCUT2D eigenvalue weighted by Gasteiger charge is 2.16. The molecule has 5 heteroatoms. The van der Waals surface area contributed by atoms with Gasteiger partial charge in [-0.3, -0.25) is 0 Å². The Labute approximate surface area is 125 Å². The summed E-state index contributed by atoms with van der Waals surface area (Å²) >= 11 is 3.26. The van der Waals surface area contributed by atoms with Crippen molar-refractivity contribution in [2.45, 2.75) is 25.8 Å². The highest BCUT2D eigenvalue weighted by molar-refractivity contribution is 9.10. The zero-order valence-electron chi connectivity index (χ0n) is 11.1. The monoisotopic (exact) mass is 343 g/mol. The quantitative estimate of drug-likeness (QED) is 0.828. The smallest absolute Gasteiger partial charge is 0.169 e. The maximum Gasteiger partial charge on any atom is 0.169 e. The average Bonchev–Trinajstić information content (AvgIpc) is 2.80. The second-order valence-electron chi connectivity index (χ2n) is 4.63. The molecule has 0 spiro atoms. The van der Waals surface area contributed by atoms with Gasteiger partial charge < -0.3 is 9.73 Å². The van der Waals surface area contributed by atoms with E-state index in [1.54, 1.807) is 0 Å². The molecular formula is C15H16BrF2NO. The molecule has 0 radical (unpaired) electrons. The molecule has 1 unspecified atom stereocenters. The molecule has 1 N–H and O–H groups in total. The first kappa shape index (κ1) is 15.2. The zero-order valence-corrected chi connectivity index (χ0v) is 12.7. The van der Waals surface area contributed by atoms with Crippen LogP contribution in [0.2, 0.25) is 0 Å². The fourth-order valence-electron chi connectivity index (χ4n) is 2.07. The third-order valence-corrected chi connectivity index (χ3v) is 3.37.